The van der Waals surface area contributed by atoms with E-state index < -0.39 is 0 Å². The minimum absolute atomic E-state index is 0.0165. The van der Waals surface area contributed by atoms with Gasteiger partial charge in [0, 0.05) is 23.8 Å². The van der Waals surface area contributed by atoms with E-state index in [1.54, 1.807) is 35.4 Å². The first-order valence-electron chi connectivity index (χ1n) is 8.42. The zero-order chi connectivity index (χ0) is 18.2. The standard InChI is InChI=1S/C19H23BrFN3O/c1-3-23(4-2)11-12-24(18-10-9-16(20)14-22-18)19(25)13-15-7-5-6-8-17(15)21/h5-10,14H,3-4,11-13H2,1-2H3. The molecule has 0 unspecified atom stereocenters. The number of carbonyl (C=O) groups excluding carboxylic acids is 1. The second-order valence-electron chi connectivity index (χ2n) is 5.68. The Morgan fingerprint density at radius 1 is 1.12 bits per heavy atom. The number of hydrogen-bond donors (Lipinski definition) is 0. The van der Waals surface area contributed by atoms with E-state index in [2.05, 4.69) is 39.7 Å². The third kappa shape index (κ3) is 5.61. The van der Waals surface area contributed by atoms with Gasteiger partial charge in [-0.2, -0.15) is 0 Å². The van der Waals surface area contributed by atoms with E-state index in [0.29, 0.717) is 17.9 Å². The van der Waals surface area contributed by atoms with E-state index in [9.17, 15) is 9.18 Å². The fraction of sp³-hybridized carbons (Fsp3) is 0.368. The number of rotatable bonds is 8. The zero-order valence-corrected chi connectivity index (χ0v) is 16.2. The van der Waals surface area contributed by atoms with E-state index in [1.807, 2.05) is 6.07 Å². The van der Waals surface area contributed by atoms with Crippen LogP contribution < -0.4 is 4.90 Å². The van der Waals surface area contributed by atoms with Gasteiger partial charge in [0.2, 0.25) is 5.91 Å². The highest BCUT2D eigenvalue weighted by Gasteiger charge is 2.19. The summed E-state index contributed by atoms with van der Waals surface area (Å²) in [7, 11) is 0. The van der Waals surface area contributed by atoms with Gasteiger partial charge in [0.1, 0.15) is 11.6 Å². The summed E-state index contributed by atoms with van der Waals surface area (Å²) in [6.07, 6.45) is 1.68. The van der Waals surface area contributed by atoms with Crippen molar-refractivity contribution >= 4 is 27.7 Å². The third-order valence-electron chi connectivity index (χ3n) is 4.12. The lowest BCUT2D eigenvalue weighted by atomic mass is 10.1. The summed E-state index contributed by atoms with van der Waals surface area (Å²) in [6, 6.07) is 10.0. The number of aromatic nitrogens is 1. The molecule has 0 radical (unpaired) electrons. The molecule has 25 heavy (non-hydrogen) atoms. The molecule has 2 aromatic rings. The number of carbonyl (C=O) groups is 1. The molecule has 0 N–H and O–H groups in total. The molecular weight excluding hydrogens is 385 g/mol. The number of anilines is 1. The van der Waals surface area contributed by atoms with Crippen molar-refractivity contribution in [2.75, 3.05) is 31.1 Å². The van der Waals surface area contributed by atoms with Crippen LogP contribution in [-0.4, -0.2) is 42.0 Å². The van der Waals surface area contributed by atoms with Gasteiger partial charge in [0.15, 0.2) is 0 Å². The predicted octanol–water partition coefficient (Wildman–Crippen LogP) is 3.90. The Morgan fingerprint density at radius 2 is 1.84 bits per heavy atom. The molecule has 6 heteroatoms. The van der Waals surface area contributed by atoms with Crippen molar-refractivity contribution in [3.05, 3.63) is 58.4 Å². The van der Waals surface area contributed by atoms with Crippen LogP contribution >= 0.6 is 15.9 Å². The Hall–Kier alpha value is -1.79. The van der Waals surface area contributed by atoms with Crippen molar-refractivity contribution in [1.82, 2.24) is 9.88 Å². The molecule has 0 bridgehead atoms. The maximum atomic E-state index is 13.9. The Morgan fingerprint density at radius 3 is 2.44 bits per heavy atom. The molecule has 0 fully saturated rings. The van der Waals surface area contributed by atoms with Gasteiger partial charge >= 0.3 is 0 Å². The first-order valence-corrected chi connectivity index (χ1v) is 9.22. The molecule has 0 saturated carbocycles. The second-order valence-corrected chi connectivity index (χ2v) is 6.59. The molecular formula is C19H23BrFN3O. The molecule has 2 rings (SSSR count). The van der Waals surface area contributed by atoms with Crippen LogP contribution in [-0.2, 0) is 11.2 Å². The number of likely N-dealkylation sites (N-methyl/N-ethyl adjacent to an activating group) is 1. The van der Waals surface area contributed by atoms with Gasteiger partial charge in [-0.1, -0.05) is 32.0 Å². The van der Waals surface area contributed by atoms with Crippen molar-refractivity contribution < 1.29 is 9.18 Å². The predicted molar refractivity (Wildman–Crippen MR) is 102 cm³/mol. The number of amides is 1. The van der Waals surface area contributed by atoms with Gasteiger partial charge in [0.25, 0.3) is 0 Å². The third-order valence-corrected chi connectivity index (χ3v) is 4.59. The fourth-order valence-electron chi connectivity index (χ4n) is 2.58. The highest BCUT2D eigenvalue weighted by atomic mass is 79.9. The van der Waals surface area contributed by atoms with Crippen LogP contribution in [0.4, 0.5) is 10.2 Å². The Bertz CT molecular complexity index is 689. The van der Waals surface area contributed by atoms with Crippen LogP contribution in [0.2, 0.25) is 0 Å². The smallest absolute Gasteiger partial charge is 0.232 e. The van der Waals surface area contributed by atoms with Crippen LogP contribution in [0.15, 0.2) is 47.1 Å². The summed E-state index contributed by atoms with van der Waals surface area (Å²) >= 11 is 3.36. The van der Waals surface area contributed by atoms with E-state index in [0.717, 1.165) is 24.1 Å². The molecule has 0 saturated heterocycles. The van der Waals surface area contributed by atoms with Crippen molar-refractivity contribution in [1.29, 1.82) is 0 Å². The van der Waals surface area contributed by atoms with Crippen LogP contribution in [0.3, 0.4) is 0 Å². The molecule has 1 amide bonds. The van der Waals surface area contributed by atoms with Gasteiger partial charge in [0.05, 0.1) is 6.42 Å². The summed E-state index contributed by atoms with van der Waals surface area (Å²) in [5.74, 6) is 0.0621. The molecule has 1 heterocycles. The molecule has 0 aliphatic carbocycles. The quantitative estimate of drug-likeness (QED) is 0.665. The molecule has 1 aromatic carbocycles. The number of pyridine rings is 1. The molecule has 1 aromatic heterocycles. The lowest BCUT2D eigenvalue weighted by molar-refractivity contribution is -0.118. The van der Waals surface area contributed by atoms with Crippen molar-refractivity contribution in [2.45, 2.75) is 20.3 Å². The van der Waals surface area contributed by atoms with Crippen LogP contribution in [0.5, 0.6) is 0 Å². The number of halogens is 2. The Labute approximate surface area is 156 Å². The van der Waals surface area contributed by atoms with Crippen LogP contribution in [0.25, 0.3) is 0 Å². The molecule has 134 valence electrons. The molecule has 0 aliphatic rings. The zero-order valence-electron chi connectivity index (χ0n) is 14.6. The number of benzene rings is 1. The highest BCUT2D eigenvalue weighted by molar-refractivity contribution is 9.10. The lowest BCUT2D eigenvalue weighted by Crippen LogP contribution is -2.40. The average Bonchev–Trinajstić information content (AvgIpc) is 2.62. The summed E-state index contributed by atoms with van der Waals surface area (Å²) in [6.45, 7) is 7.27. The van der Waals surface area contributed by atoms with Crippen LogP contribution in [0.1, 0.15) is 19.4 Å². The first kappa shape index (κ1) is 19.5. The fourth-order valence-corrected chi connectivity index (χ4v) is 2.81. The molecule has 4 nitrogen and oxygen atoms in total. The highest BCUT2D eigenvalue weighted by Crippen LogP contribution is 2.17. The molecule has 0 atom stereocenters. The average molecular weight is 408 g/mol. The van der Waals surface area contributed by atoms with Gasteiger partial charge < -0.3 is 4.90 Å². The topological polar surface area (TPSA) is 36.4 Å². The van der Waals surface area contributed by atoms with Gasteiger partial charge in [-0.25, -0.2) is 9.37 Å². The summed E-state index contributed by atoms with van der Waals surface area (Å²) in [5.41, 5.74) is 0.400. The summed E-state index contributed by atoms with van der Waals surface area (Å²) in [5, 5.41) is 0. The molecule has 0 aliphatic heterocycles. The van der Waals surface area contributed by atoms with Crippen molar-refractivity contribution in [3.8, 4) is 0 Å². The van der Waals surface area contributed by atoms with Crippen LogP contribution in [0, 0.1) is 5.82 Å². The summed E-state index contributed by atoms with van der Waals surface area (Å²) in [4.78, 5) is 21.0. The maximum absolute atomic E-state index is 13.9. The van der Waals surface area contributed by atoms with E-state index in [4.69, 9.17) is 0 Å². The second kappa shape index (κ2) is 9.63. The number of nitrogens with zero attached hydrogens (tertiary/aromatic N) is 3. The van der Waals surface area contributed by atoms with E-state index in [1.165, 1.54) is 6.07 Å². The normalized spacial score (nSPS) is 10.9. The largest absolute Gasteiger partial charge is 0.302 e. The maximum Gasteiger partial charge on any atom is 0.232 e. The molecule has 0 spiro atoms. The number of hydrogen-bond acceptors (Lipinski definition) is 3. The van der Waals surface area contributed by atoms with Crippen molar-refractivity contribution in [2.24, 2.45) is 0 Å². The minimum Gasteiger partial charge on any atom is -0.302 e. The monoisotopic (exact) mass is 407 g/mol. The Kier molecular flexibility index (Phi) is 7.52. The van der Waals surface area contributed by atoms with E-state index >= 15 is 0 Å². The van der Waals surface area contributed by atoms with Gasteiger partial charge in [-0.15, -0.1) is 0 Å². The van der Waals surface area contributed by atoms with E-state index in [-0.39, 0.29) is 18.1 Å². The Balaban J connectivity index is 2.19. The van der Waals surface area contributed by atoms with Gasteiger partial charge in [-0.05, 0) is 52.8 Å². The van der Waals surface area contributed by atoms with Crippen molar-refractivity contribution in [3.63, 3.8) is 0 Å². The summed E-state index contributed by atoms with van der Waals surface area (Å²) < 4.78 is 14.7. The first-order chi connectivity index (χ1) is 12.0. The van der Waals surface area contributed by atoms with Gasteiger partial charge in [-0.3, -0.25) is 9.69 Å². The minimum atomic E-state index is -0.358. The SMILES string of the molecule is CCN(CC)CCN(C(=O)Cc1ccccc1F)c1ccc(Br)cn1. The lowest BCUT2D eigenvalue weighted by Gasteiger charge is -2.26.